The monoisotopic (exact) mass is 218 g/mol. The number of carbonyl (C=O) groups is 1. The van der Waals surface area contributed by atoms with Crippen molar-refractivity contribution >= 4 is 5.97 Å². The zero-order valence-corrected chi connectivity index (χ0v) is 9.45. The second kappa shape index (κ2) is 6.52. The molecule has 0 amide bonds. The van der Waals surface area contributed by atoms with Gasteiger partial charge in [0.25, 0.3) is 0 Å². The van der Waals surface area contributed by atoms with E-state index in [4.69, 9.17) is 4.74 Å². The van der Waals surface area contributed by atoms with Crippen LogP contribution in [0.1, 0.15) is 18.9 Å². The van der Waals surface area contributed by atoms with E-state index in [1.54, 1.807) is 6.07 Å². The summed E-state index contributed by atoms with van der Waals surface area (Å²) in [4.78, 5) is 10.9. The molecule has 16 heavy (non-hydrogen) atoms. The van der Waals surface area contributed by atoms with Crippen LogP contribution in [0.25, 0.3) is 0 Å². The normalized spacial score (nSPS) is 8.88. The fourth-order valence-corrected chi connectivity index (χ4v) is 1.08. The largest absolute Gasteiger partial charge is 0.492 e. The van der Waals surface area contributed by atoms with Crippen LogP contribution in [0.5, 0.6) is 5.75 Å². The molecule has 0 saturated heterocycles. The maximum Gasteiger partial charge on any atom is 0.384 e. The number of esters is 1. The highest BCUT2D eigenvalue weighted by Crippen LogP contribution is 2.16. The molecular formula is C13H14O3. The van der Waals surface area contributed by atoms with E-state index in [1.165, 1.54) is 7.11 Å². The molecule has 0 aliphatic heterocycles. The minimum absolute atomic E-state index is 0.551. The summed E-state index contributed by atoms with van der Waals surface area (Å²) in [7, 11) is 1.30. The van der Waals surface area contributed by atoms with E-state index in [1.807, 2.05) is 25.1 Å². The van der Waals surface area contributed by atoms with Crippen molar-refractivity contribution in [2.45, 2.75) is 13.3 Å². The molecule has 0 aromatic heterocycles. The summed E-state index contributed by atoms with van der Waals surface area (Å²) in [6.45, 7) is 2.67. The Morgan fingerprint density at radius 2 is 2.12 bits per heavy atom. The van der Waals surface area contributed by atoms with Crippen LogP contribution < -0.4 is 4.74 Å². The molecule has 1 aromatic rings. The van der Waals surface area contributed by atoms with Gasteiger partial charge in [-0.3, -0.25) is 0 Å². The molecule has 0 N–H and O–H groups in total. The number of ether oxygens (including phenoxy) is 2. The van der Waals surface area contributed by atoms with Crippen LogP contribution in [0.3, 0.4) is 0 Å². The molecule has 0 aliphatic rings. The first-order valence-corrected chi connectivity index (χ1v) is 5.09. The van der Waals surface area contributed by atoms with Crippen molar-refractivity contribution in [1.82, 2.24) is 0 Å². The average Bonchev–Trinajstić information content (AvgIpc) is 2.34. The molecule has 84 valence electrons. The molecule has 0 spiro atoms. The van der Waals surface area contributed by atoms with Crippen LogP contribution in [-0.4, -0.2) is 19.7 Å². The lowest BCUT2D eigenvalue weighted by molar-refractivity contribution is -0.133. The summed E-state index contributed by atoms with van der Waals surface area (Å²) in [5.41, 5.74) is 0.696. The van der Waals surface area contributed by atoms with Crippen LogP contribution in [-0.2, 0) is 9.53 Å². The van der Waals surface area contributed by atoms with Gasteiger partial charge in [0.1, 0.15) is 5.75 Å². The van der Waals surface area contributed by atoms with Crippen molar-refractivity contribution in [1.29, 1.82) is 0 Å². The summed E-state index contributed by atoms with van der Waals surface area (Å²) in [6, 6.07) is 7.35. The highest BCUT2D eigenvalue weighted by molar-refractivity contribution is 5.89. The van der Waals surface area contributed by atoms with E-state index < -0.39 is 5.97 Å². The Hall–Kier alpha value is -1.95. The summed E-state index contributed by atoms with van der Waals surface area (Å²) in [5, 5.41) is 0. The Morgan fingerprint density at radius 3 is 2.81 bits per heavy atom. The van der Waals surface area contributed by atoms with Gasteiger partial charge in [-0.05, 0) is 18.6 Å². The standard InChI is InChI=1S/C13H14O3/c1-3-10-16-12-7-5-4-6-11(12)8-9-13(14)15-2/h4-7H,3,10H2,1-2H3. The van der Waals surface area contributed by atoms with Gasteiger partial charge in [0.2, 0.25) is 0 Å². The Labute approximate surface area is 95.4 Å². The maximum atomic E-state index is 10.9. The van der Waals surface area contributed by atoms with Crippen molar-refractivity contribution in [2.75, 3.05) is 13.7 Å². The number of hydrogen-bond donors (Lipinski definition) is 0. The summed E-state index contributed by atoms with van der Waals surface area (Å²) >= 11 is 0. The summed E-state index contributed by atoms with van der Waals surface area (Å²) in [5.74, 6) is 5.24. The minimum atomic E-state index is -0.551. The molecule has 0 heterocycles. The molecule has 3 heteroatoms. The molecule has 1 aromatic carbocycles. The number of hydrogen-bond acceptors (Lipinski definition) is 3. The van der Waals surface area contributed by atoms with Gasteiger partial charge in [-0.15, -0.1) is 0 Å². The molecule has 1 rings (SSSR count). The molecule has 0 aliphatic carbocycles. The maximum absolute atomic E-state index is 10.9. The van der Waals surface area contributed by atoms with Gasteiger partial charge in [-0.1, -0.05) is 25.0 Å². The van der Waals surface area contributed by atoms with E-state index in [0.717, 1.165) is 6.42 Å². The van der Waals surface area contributed by atoms with E-state index in [-0.39, 0.29) is 0 Å². The second-order valence-corrected chi connectivity index (χ2v) is 3.09. The molecule has 0 atom stereocenters. The number of methoxy groups -OCH3 is 1. The van der Waals surface area contributed by atoms with Gasteiger partial charge in [-0.25, -0.2) is 4.79 Å². The summed E-state index contributed by atoms with van der Waals surface area (Å²) in [6.07, 6.45) is 0.929. The van der Waals surface area contributed by atoms with Gasteiger partial charge in [-0.2, -0.15) is 0 Å². The Balaban J connectivity index is 2.84. The number of benzene rings is 1. The molecular weight excluding hydrogens is 204 g/mol. The molecule has 0 bridgehead atoms. The Kier molecular flexibility index (Phi) is 4.94. The smallest absolute Gasteiger partial charge is 0.384 e. The van der Waals surface area contributed by atoms with E-state index >= 15 is 0 Å². The van der Waals surface area contributed by atoms with Crippen LogP contribution in [0.2, 0.25) is 0 Å². The van der Waals surface area contributed by atoms with Crippen molar-refractivity contribution in [3.05, 3.63) is 29.8 Å². The number of rotatable bonds is 3. The lowest BCUT2D eigenvalue weighted by Crippen LogP contribution is -1.98. The third-order valence-corrected chi connectivity index (χ3v) is 1.83. The van der Waals surface area contributed by atoms with Gasteiger partial charge in [0, 0.05) is 5.92 Å². The third kappa shape index (κ3) is 3.66. The first-order valence-electron chi connectivity index (χ1n) is 5.09. The zero-order valence-electron chi connectivity index (χ0n) is 9.45. The predicted molar refractivity (Wildman–Crippen MR) is 61.1 cm³/mol. The first kappa shape index (κ1) is 12.1. The lowest BCUT2D eigenvalue weighted by atomic mass is 10.2. The predicted octanol–water partition coefficient (Wildman–Crippen LogP) is 2.00. The Bertz CT molecular complexity index is 413. The Morgan fingerprint density at radius 1 is 1.38 bits per heavy atom. The van der Waals surface area contributed by atoms with Gasteiger partial charge in [0.15, 0.2) is 0 Å². The van der Waals surface area contributed by atoms with Crippen molar-refractivity contribution in [2.24, 2.45) is 0 Å². The van der Waals surface area contributed by atoms with Crippen LogP contribution in [0.4, 0.5) is 0 Å². The molecule has 0 fully saturated rings. The van der Waals surface area contributed by atoms with E-state index in [0.29, 0.717) is 17.9 Å². The van der Waals surface area contributed by atoms with Gasteiger partial charge < -0.3 is 9.47 Å². The third-order valence-electron chi connectivity index (χ3n) is 1.83. The van der Waals surface area contributed by atoms with Crippen molar-refractivity contribution < 1.29 is 14.3 Å². The van der Waals surface area contributed by atoms with E-state index in [9.17, 15) is 4.79 Å². The fraction of sp³-hybridized carbons (Fsp3) is 0.308. The van der Waals surface area contributed by atoms with Gasteiger partial charge in [0.05, 0.1) is 19.3 Å². The fourth-order valence-electron chi connectivity index (χ4n) is 1.08. The second-order valence-electron chi connectivity index (χ2n) is 3.09. The summed E-state index contributed by atoms with van der Waals surface area (Å²) < 4.78 is 9.94. The SMILES string of the molecule is CCCOc1ccccc1C#CC(=O)OC. The quantitative estimate of drug-likeness (QED) is 0.575. The van der Waals surface area contributed by atoms with Gasteiger partial charge >= 0.3 is 5.97 Å². The average molecular weight is 218 g/mol. The van der Waals surface area contributed by atoms with Crippen molar-refractivity contribution in [3.8, 4) is 17.6 Å². The van der Waals surface area contributed by atoms with E-state index in [2.05, 4.69) is 16.6 Å². The zero-order chi connectivity index (χ0) is 11.8. The first-order chi connectivity index (χ1) is 7.77. The number of carbonyl (C=O) groups excluding carboxylic acids is 1. The molecule has 0 unspecified atom stereocenters. The highest BCUT2D eigenvalue weighted by Gasteiger charge is 1.99. The topological polar surface area (TPSA) is 35.5 Å². The van der Waals surface area contributed by atoms with Crippen LogP contribution in [0, 0.1) is 11.8 Å². The molecule has 0 radical (unpaired) electrons. The minimum Gasteiger partial charge on any atom is -0.492 e. The lowest BCUT2D eigenvalue weighted by Gasteiger charge is -2.05. The number of para-hydroxylation sites is 1. The highest BCUT2D eigenvalue weighted by atomic mass is 16.5. The molecule has 0 saturated carbocycles. The van der Waals surface area contributed by atoms with Crippen LogP contribution >= 0.6 is 0 Å². The van der Waals surface area contributed by atoms with Crippen molar-refractivity contribution in [3.63, 3.8) is 0 Å². The van der Waals surface area contributed by atoms with Crippen LogP contribution in [0.15, 0.2) is 24.3 Å². The molecule has 3 nitrogen and oxygen atoms in total.